The maximum atomic E-state index is 10.5. The molecule has 0 bridgehead atoms. The van der Waals surface area contributed by atoms with Crippen molar-refractivity contribution in [3.63, 3.8) is 0 Å². The number of aryl methyl sites for hydroxylation is 2. The van der Waals surface area contributed by atoms with Crippen LogP contribution in [-0.2, 0) is 13.0 Å². The highest BCUT2D eigenvalue weighted by Gasteiger charge is 2.19. The molecule has 0 fully saturated rings. The molecule has 0 radical (unpaired) electrons. The molecule has 2 heteroatoms. The van der Waals surface area contributed by atoms with Crippen LogP contribution in [0.5, 0.6) is 0 Å². The SMILES string of the molecule is Cc1cc(C)cc(C(O)CN2CCc3ccccc3C2)c1. The predicted octanol–water partition coefficient (Wildman–Crippen LogP) is 3.40. The van der Waals surface area contributed by atoms with Crippen LogP contribution in [-0.4, -0.2) is 23.1 Å². The highest BCUT2D eigenvalue weighted by atomic mass is 16.3. The zero-order valence-corrected chi connectivity index (χ0v) is 12.8. The Bertz CT molecular complexity index is 615. The van der Waals surface area contributed by atoms with E-state index in [1.807, 2.05) is 0 Å². The van der Waals surface area contributed by atoms with E-state index < -0.39 is 6.10 Å². The minimum Gasteiger partial charge on any atom is -0.387 e. The van der Waals surface area contributed by atoms with Crippen molar-refractivity contribution in [3.8, 4) is 0 Å². The molecule has 0 aromatic heterocycles. The Morgan fingerprint density at radius 1 is 1.05 bits per heavy atom. The van der Waals surface area contributed by atoms with Crippen LogP contribution >= 0.6 is 0 Å². The van der Waals surface area contributed by atoms with Crippen molar-refractivity contribution in [3.05, 3.63) is 70.3 Å². The molecular weight excluding hydrogens is 258 g/mol. The van der Waals surface area contributed by atoms with Crippen LogP contribution < -0.4 is 0 Å². The Kier molecular flexibility index (Phi) is 4.09. The number of hydrogen-bond acceptors (Lipinski definition) is 2. The quantitative estimate of drug-likeness (QED) is 0.932. The van der Waals surface area contributed by atoms with Crippen molar-refractivity contribution in [1.29, 1.82) is 0 Å². The van der Waals surface area contributed by atoms with Gasteiger partial charge in [0.1, 0.15) is 0 Å². The van der Waals surface area contributed by atoms with E-state index in [1.54, 1.807) is 0 Å². The summed E-state index contributed by atoms with van der Waals surface area (Å²) in [5, 5.41) is 10.5. The van der Waals surface area contributed by atoms with Gasteiger partial charge >= 0.3 is 0 Å². The molecule has 2 aromatic carbocycles. The first-order valence-electron chi connectivity index (χ1n) is 7.67. The maximum Gasteiger partial charge on any atom is 0.0917 e. The van der Waals surface area contributed by atoms with Gasteiger partial charge in [-0.1, -0.05) is 53.6 Å². The normalized spacial score (nSPS) is 16.5. The summed E-state index contributed by atoms with van der Waals surface area (Å²) in [5.74, 6) is 0. The summed E-state index contributed by atoms with van der Waals surface area (Å²) >= 11 is 0. The first-order valence-corrected chi connectivity index (χ1v) is 7.67. The molecule has 1 heterocycles. The van der Waals surface area contributed by atoms with Crippen LogP contribution in [0.2, 0.25) is 0 Å². The Hall–Kier alpha value is -1.64. The lowest BCUT2D eigenvalue weighted by atomic mass is 9.98. The number of fused-ring (bicyclic) bond motifs is 1. The van der Waals surface area contributed by atoms with Gasteiger partial charge < -0.3 is 5.11 Å². The molecule has 0 amide bonds. The van der Waals surface area contributed by atoms with E-state index in [0.717, 1.165) is 25.1 Å². The number of nitrogens with zero attached hydrogens (tertiary/aromatic N) is 1. The third-order valence-corrected chi connectivity index (χ3v) is 4.27. The van der Waals surface area contributed by atoms with Crippen LogP contribution in [0.25, 0.3) is 0 Å². The minimum absolute atomic E-state index is 0.408. The lowest BCUT2D eigenvalue weighted by Crippen LogP contribution is -2.34. The first-order chi connectivity index (χ1) is 10.1. The van der Waals surface area contributed by atoms with Crippen LogP contribution in [0.15, 0.2) is 42.5 Å². The van der Waals surface area contributed by atoms with Crippen molar-refractivity contribution in [2.24, 2.45) is 0 Å². The Morgan fingerprint density at radius 2 is 1.71 bits per heavy atom. The molecule has 1 N–H and O–H groups in total. The lowest BCUT2D eigenvalue weighted by molar-refractivity contribution is 0.106. The van der Waals surface area contributed by atoms with E-state index in [2.05, 4.69) is 61.2 Å². The molecule has 0 saturated carbocycles. The monoisotopic (exact) mass is 281 g/mol. The van der Waals surface area contributed by atoms with Gasteiger partial charge in [-0.2, -0.15) is 0 Å². The molecular formula is C19H23NO. The molecule has 3 rings (SSSR count). The van der Waals surface area contributed by atoms with Gasteiger partial charge in [-0.05, 0) is 37.0 Å². The largest absolute Gasteiger partial charge is 0.387 e. The van der Waals surface area contributed by atoms with Crippen LogP contribution in [0.1, 0.15) is 33.9 Å². The predicted molar refractivity (Wildman–Crippen MR) is 86.3 cm³/mol. The van der Waals surface area contributed by atoms with Crippen molar-refractivity contribution in [2.45, 2.75) is 32.9 Å². The third kappa shape index (κ3) is 3.34. The van der Waals surface area contributed by atoms with Crippen LogP contribution in [0.4, 0.5) is 0 Å². The Balaban J connectivity index is 1.70. The third-order valence-electron chi connectivity index (χ3n) is 4.27. The van der Waals surface area contributed by atoms with Gasteiger partial charge in [0.05, 0.1) is 6.10 Å². The molecule has 0 aliphatic carbocycles. The van der Waals surface area contributed by atoms with Gasteiger partial charge in [0, 0.05) is 19.6 Å². The van der Waals surface area contributed by atoms with Gasteiger partial charge in [0.2, 0.25) is 0 Å². The second kappa shape index (κ2) is 6.00. The molecule has 1 aliphatic heterocycles. The molecule has 2 nitrogen and oxygen atoms in total. The summed E-state index contributed by atoms with van der Waals surface area (Å²) in [4.78, 5) is 2.35. The van der Waals surface area contributed by atoms with Crippen LogP contribution in [0, 0.1) is 13.8 Å². The molecule has 0 spiro atoms. The van der Waals surface area contributed by atoms with E-state index in [-0.39, 0.29) is 0 Å². The van der Waals surface area contributed by atoms with E-state index in [1.165, 1.54) is 22.3 Å². The van der Waals surface area contributed by atoms with Gasteiger partial charge in [-0.25, -0.2) is 0 Å². The zero-order chi connectivity index (χ0) is 14.8. The first kappa shape index (κ1) is 14.3. The standard InChI is InChI=1S/C19H23NO/c1-14-9-15(2)11-18(10-14)19(21)13-20-8-7-16-5-3-4-6-17(16)12-20/h3-6,9-11,19,21H,7-8,12-13H2,1-2H3. The van der Waals surface area contributed by atoms with Gasteiger partial charge in [0.25, 0.3) is 0 Å². The second-order valence-electron chi connectivity index (χ2n) is 6.19. The molecule has 0 saturated heterocycles. The summed E-state index contributed by atoms with van der Waals surface area (Å²) in [6.45, 7) is 6.84. The number of aliphatic hydroxyl groups excluding tert-OH is 1. The van der Waals surface area contributed by atoms with Crippen molar-refractivity contribution < 1.29 is 5.11 Å². The van der Waals surface area contributed by atoms with Crippen molar-refractivity contribution >= 4 is 0 Å². The van der Waals surface area contributed by atoms with Crippen LogP contribution in [0.3, 0.4) is 0 Å². The van der Waals surface area contributed by atoms with Gasteiger partial charge in [-0.3, -0.25) is 4.90 Å². The zero-order valence-electron chi connectivity index (χ0n) is 12.8. The van der Waals surface area contributed by atoms with Crippen molar-refractivity contribution in [1.82, 2.24) is 4.90 Å². The fourth-order valence-corrected chi connectivity index (χ4v) is 3.26. The topological polar surface area (TPSA) is 23.5 Å². The number of aliphatic hydroxyl groups is 1. The fraction of sp³-hybridized carbons (Fsp3) is 0.368. The van der Waals surface area contributed by atoms with E-state index in [0.29, 0.717) is 6.54 Å². The second-order valence-corrected chi connectivity index (χ2v) is 6.19. The molecule has 110 valence electrons. The summed E-state index contributed by atoms with van der Waals surface area (Å²) in [6.07, 6.45) is 0.671. The van der Waals surface area contributed by atoms with E-state index >= 15 is 0 Å². The molecule has 21 heavy (non-hydrogen) atoms. The molecule has 1 aliphatic rings. The summed E-state index contributed by atoms with van der Waals surface area (Å²) in [5.41, 5.74) is 6.32. The number of β-amino-alcohol motifs (C(OH)–C–C–N with tert-alkyl or cyclic N) is 1. The minimum atomic E-state index is -0.408. The lowest BCUT2D eigenvalue weighted by Gasteiger charge is -2.30. The van der Waals surface area contributed by atoms with Gasteiger partial charge in [-0.15, -0.1) is 0 Å². The number of benzene rings is 2. The maximum absolute atomic E-state index is 10.5. The molecule has 1 atom stereocenters. The van der Waals surface area contributed by atoms with E-state index in [4.69, 9.17) is 0 Å². The number of hydrogen-bond donors (Lipinski definition) is 1. The van der Waals surface area contributed by atoms with E-state index in [9.17, 15) is 5.11 Å². The Morgan fingerprint density at radius 3 is 2.43 bits per heavy atom. The fourth-order valence-electron chi connectivity index (χ4n) is 3.26. The average molecular weight is 281 g/mol. The average Bonchev–Trinajstić information content (AvgIpc) is 2.46. The smallest absolute Gasteiger partial charge is 0.0917 e. The Labute approximate surface area is 127 Å². The highest BCUT2D eigenvalue weighted by Crippen LogP contribution is 2.22. The van der Waals surface area contributed by atoms with Crippen molar-refractivity contribution in [2.75, 3.05) is 13.1 Å². The molecule has 1 unspecified atom stereocenters. The summed E-state index contributed by atoms with van der Waals surface area (Å²) < 4.78 is 0. The summed E-state index contributed by atoms with van der Waals surface area (Å²) in [6, 6.07) is 15.0. The number of rotatable bonds is 3. The highest BCUT2D eigenvalue weighted by molar-refractivity contribution is 5.31. The molecule has 2 aromatic rings. The summed E-state index contributed by atoms with van der Waals surface area (Å²) in [7, 11) is 0. The van der Waals surface area contributed by atoms with Gasteiger partial charge in [0.15, 0.2) is 0 Å².